The molecule has 2 aromatic rings. The summed E-state index contributed by atoms with van der Waals surface area (Å²) in [4.78, 5) is 0. The van der Waals surface area contributed by atoms with E-state index in [4.69, 9.17) is 4.74 Å². The fourth-order valence-electron chi connectivity index (χ4n) is 1.82. The molecule has 1 aromatic heterocycles. The number of ether oxygens (including phenoxy) is 1. The number of nitrogens with one attached hydrogen (secondary N) is 1. The van der Waals surface area contributed by atoms with E-state index in [1.165, 1.54) is 0 Å². The second kappa shape index (κ2) is 6.29. The average molecular weight is 261 g/mol. The third-order valence-electron chi connectivity index (χ3n) is 2.90. The Kier molecular flexibility index (Phi) is 4.46. The summed E-state index contributed by atoms with van der Waals surface area (Å²) in [5, 5.41) is 15.3. The Bertz CT molecular complexity index is 508. The lowest BCUT2D eigenvalue weighted by Gasteiger charge is -2.13. The van der Waals surface area contributed by atoms with Crippen molar-refractivity contribution in [2.75, 3.05) is 13.7 Å². The molecule has 102 valence electrons. The second-order valence-electron chi connectivity index (χ2n) is 4.32. The number of hydrogen-bond donors (Lipinski definition) is 1. The van der Waals surface area contributed by atoms with Gasteiger partial charge in [-0.2, -0.15) is 4.68 Å². The van der Waals surface area contributed by atoms with E-state index in [9.17, 15) is 0 Å². The van der Waals surface area contributed by atoms with Crippen LogP contribution in [0.15, 0.2) is 24.3 Å². The van der Waals surface area contributed by atoms with Crippen LogP contribution in [0.5, 0.6) is 5.75 Å². The number of rotatable bonds is 6. The van der Waals surface area contributed by atoms with Crippen molar-refractivity contribution >= 4 is 0 Å². The SMILES string of the molecule is CCCNC(C)c1nnnn1-c1ccc(OC)cc1. The Morgan fingerprint density at radius 2 is 2.05 bits per heavy atom. The highest BCUT2D eigenvalue weighted by molar-refractivity contribution is 5.37. The van der Waals surface area contributed by atoms with E-state index in [-0.39, 0.29) is 6.04 Å². The van der Waals surface area contributed by atoms with Crippen LogP contribution in [0.1, 0.15) is 32.1 Å². The summed E-state index contributed by atoms with van der Waals surface area (Å²) in [6, 6.07) is 7.77. The predicted octanol–water partition coefficient (Wildman–Crippen LogP) is 1.73. The summed E-state index contributed by atoms with van der Waals surface area (Å²) in [5.41, 5.74) is 0.922. The molecule has 0 spiro atoms. The fourth-order valence-corrected chi connectivity index (χ4v) is 1.82. The van der Waals surface area contributed by atoms with Crippen molar-refractivity contribution in [1.29, 1.82) is 0 Å². The Balaban J connectivity index is 2.22. The van der Waals surface area contributed by atoms with Gasteiger partial charge < -0.3 is 10.1 Å². The normalized spacial score (nSPS) is 12.4. The lowest BCUT2D eigenvalue weighted by Crippen LogP contribution is -2.22. The maximum absolute atomic E-state index is 5.14. The van der Waals surface area contributed by atoms with Crippen molar-refractivity contribution in [2.24, 2.45) is 0 Å². The topological polar surface area (TPSA) is 64.9 Å². The molecule has 0 aliphatic rings. The van der Waals surface area contributed by atoms with E-state index in [1.807, 2.05) is 24.3 Å². The molecule has 1 aromatic carbocycles. The summed E-state index contributed by atoms with van der Waals surface area (Å²) in [6.45, 7) is 5.13. The second-order valence-corrected chi connectivity index (χ2v) is 4.32. The molecule has 0 radical (unpaired) electrons. The van der Waals surface area contributed by atoms with Gasteiger partial charge in [0.2, 0.25) is 0 Å². The first-order valence-corrected chi connectivity index (χ1v) is 6.42. The lowest BCUT2D eigenvalue weighted by molar-refractivity contribution is 0.414. The highest BCUT2D eigenvalue weighted by Crippen LogP contribution is 2.17. The first-order valence-electron chi connectivity index (χ1n) is 6.42. The molecule has 1 unspecified atom stereocenters. The van der Waals surface area contributed by atoms with Crippen LogP contribution in [0.3, 0.4) is 0 Å². The summed E-state index contributed by atoms with van der Waals surface area (Å²) in [5.74, 6) is 1.62. The van der Waals surface area contributed by atoms with Crippen LogP contribution >= 0.6 is 0 Å². The fraction of sp³-hybridized carbons (Fsp3) is 0.462. The Hall–Kier alpha value is -1.95. The van der Waals surface area contributed by atoms with Gasteiger partial charge in [-0.15, -0.1) is 5.10 Å². The molecule has 0 saturated carbocycles. The monoisotopic (exact) mass is 261 g/mol. The van der Waals surface area contributed by atoms with Crippen LogP contribution in [0.4, 0.5) is 0 Å². The number of hydrogen-bond acceptors (Lipinski definition) is 5. The van der Waals surface area contributed by atoms with Crippen molar-refractivity contribution in [1.82, 2.24) is 25.5 Å². The van der Waals surface area contributed by atoms with Gasteiger partial charge in [0.1, 0.15) is 5.75 Å². The molecule has 19 heavy (non-hydrogen) atoms. The van der Waals surface area contributed by atoms with E-state index in [1.54, 1.807) is 11.8 Å². The first-order chi connectivity index (χ1) is 9.26. The maximum atomic E-state index is 5.14. The summed E-state index contributed by atoms with van der Waals surface area (Å²) in [7, 11) is 1.65. The number of tetrazole rings is 1. The third-order valence-corrected chi connectivity index (χ3v) is 2.90. The molecule has 1 atom stereocenters. The first kappa shape index (κ1) is 13.5. The van der Waals surface area contributed by atoms with Crippen molar-refractivity contribution in [3.63, 3.8) is 0 Å². The zero-order valence-electron chi connectivity index (χ0n) is 11.5. The van der Waals surface area contributed by atoms with Crippen LogP contribution < -0.4 is 10.1 Å². The van der Waals surface area contributed by atoms with Crippen LogP contribution in [-0.4, -0.2) is 33.9 Å². The van der Waals surface area contributed by atoms with Gasteiger partial charge in [0.15, 0.2) is 5.82 Å². The smallest absolute Gasteiger partial charge is 0.173 e. The molecule has 6 nitrogen and oxygen atoms in total. The van der Waals surface area contributed by atoms with Crippen LogP contribution in [0.25, 0.3) is 5.69 Å². The maximum Gasteiger partial charge on any atom is 0.173 e. The molecule has 0 aliphatic carbocycles. The minimum Gasteiger partial charge on any atom is -0.497 e. The number of methoxy groups -OCH3 is 1. The molecular formula is C13H19N5O. The number of benzene rings is 1. The Morgan fingerprint density at radius 1 is 1.32 bits per heavy atom. The van der Waals surface area contributed by atoms with E-state index in [0.717, 1.165) is 30.2 Å². The van der Waals surface area contributed by atoms with Crippen molar-refractivity contribution < 1.29 is 4.74 Å². The van der Waals surface area contributed by atoms with Crippen LogP contribution in [0.2, 0.25) is 0 Å². The van der Waals surface area contributed by atoms with E-state index >= 15 is 0 Å². The predicted molar refractivity (Wildman–Crippen MR) is 72.4 cm³/mol. The van der Waals surface area contributed by atoms with Gasteiger partial charge in [0.05, 0.1) is 18.8 Å². The number of aromatic nitrogens is 4. The number of nitrogens with zero attached hydrogens (tertiary/aromatic N) is 4. The zero-order valence-corrected chi connectivity index (χ0v) is 11.5. The quantitative estimate of drug-likeness (QED) is 0.858. The largest absolute Gasteiger partial charge is 0.497 e. The molecular weight excluding hydrogens is 242 g/mol. The molecule has 1 N–H and O–H groups in total. The third kappa shape index (κ3) is 3.08. The lowest BCUT2D eigenvalue weighted by atomic mass is 10.2. The molecule has 0 bridgehead atoms. The molecule has 6 heteroatoms. The highest BCUT2D eigenvalue weighted by atomic mass is 16.5. The van der Waals surface area contributed by atoms with Gasteiger partial charge in [0.25, 0.3) is 0 Å². The Labute approximate surface area is 112 Å². The molecule has 0 amide bonds. The minimum absolute atomic E-state index is 0.108. The van der Waals surface area contributed by atoms with Gasteiger partial charge in [-0.1, -0.05) is 6.92 Å². The van der Waals surface area contributed by atoms with Crippen LogP contribution in [-0.2, 0) is 0 Å². The van der Waals surface area contributed by atoms with Crippen molar-refractivity contribution in [2.45, 2.75) is 26.3 Å². The minimum atomic E-state index is 0.108. The van der Waals surface area contributed by atoms with Gasteiger partial charge in [0, 0.05) is 0 Å². The van der Waals surface area contributed by atoms with Gasteiger partial charge in [-0.25, -0.2) is 0 Å². The van der Waals surface area contributed by atoms with Crippen LogP contribution in [0, 0.1) is 0 Å². The van der Waals surface area contributed by atoms with E-state index < -0.39 is 0 Å². The summed E-state index contributed by atoms with van der Waals surface area (Å²) >= 11 is 0. The molecule has 0 fully saturated rings. The Morgan fingerprint density at radius 3 is 2.68 bits per heavy atom. The average Bonchev–Trinajstić information content (AvgIpc) is 2.94. The molecule has 2 rings (SSSR count). The van der Waals surface area contributed by atoms with E-state index in [0.29, 0.717) is 0 Å². The zero-order chi connectivity index (χ0) is 13.7. The van der Waals surface area contributed by atoms with Gasteiger partial charge >= 0.3 is 0 Å². The molecule has 1 heterocycles. The van der Waals surface area contributed by atoms with Crippen molar-refractivity contribution in [3.8, 4) is 11.4 Å². The molecule has 0 saturated heterocycles. The highest BCUT2D eigenvalue weighted by Gasteiger charge is 2.14. The van der Waals surface area contributed by atoms with Gasteiger partial charge in [-0.3, -0.25) is 0 Å². The summed E-state index contributed by atoms with van der Waals surface area (Å²) in [6.07, 6.45) is 1.08. The van der Waals surface area contributed by atoms with E-state index in [2.05, 4.69) is 34.7 Å². The summed E-state index contributed by atoms with van der Waals surface area (Å²) < 4.78 is 6.89. The van der Waals surface area contributed by atoms with Gasteiger partial charge in [-0.05, 0) is 54.6 Å². The van der Waals surface area contributed by atoms with Crippen molar-refractivity contribution in [3.05, 3.63) is 30.1 Å². The molecule has 0 aliphatic heterocycles. The standard InChI is InChI=1S/C13H19N5O/c1-4-9-14-10(2)13-15-16-17-18(13)11-5-7-12(19-3)8-6-11/h5-8,10,14H,4,9H2,1-3H3.